The molecule has 0 aromatic carbocycles. The highest BCUT2D eigenvalue weighted by Gasteiger charge is 1.79. The number of hydrogen-bond acceptors (Lipinski definition) is 10. The highest BCUT2D eigenvalue weighted by Crippen LogP contribution is 1.55. The Balaban J connectivity index is -0.000000115. The van der Waals surface area contributed by atoms with Crippen LogP contribution in [0.3, 0.4) is 0 Å². The van der Waals surface area contributed by atoms with Crippen LogP contribution in [-0.2, 0) is 4.79 Å². The van der Waals surface area contributed by atoms with Crippen LogP contribution in [0.5, 0.6) is 0 Å². The van der Waals surface area contributed by atoms with E-state index in [9.17, 15) is 0 Å². The molecule has 0 unspecified atom stereocenters. The average Bonchev–Trinajstić information content (AvgIpc) is 2.58. The maximum atomic E-state index is 8.36. The summed E-state index contributed by atoms with van der Waals surface area (Å²) in [4.78, 5) is 8.36. The Hall–Kier alpha value is -0.890. The van der Waals surface area contributed by atoms with Crippen molar-refractivity contribution in [3.63, 3.8) is 0 Å². The average molecular weight is 361 g/mol. The normalized spacial score (nSPS) is 8.75. The van der Waals surface area contributed by atoms with Gasteiger partial charge in [-0.25, -0.2) is 0 Å². The molecule has 0 aliphatic heterocycles. The zero-order chi connectivity index (χ0) is 19.3. The minimum Gasteiger partial charge on any atom is -0.483 e. The summed E-state index contributed by atoms with van der Waals surface area (Å²) in [7, 11) is 0. The zero-order valence-corrected chi connectivity index (χ0v) is 14.1. The lowest BCUT2D eigenvalue weighted by atomic mass is 10.6. The molecule has 0 bridgehead atoms. The van der Waals surface area contributed by atoms with E-state index in [1.165, 1.54) is 0 Å². The first-order chi connectivity index (χ1) is 11.7. The maximum absolute atomic E-state index is 8.36. The van der Waals surface area contributed by atoms with Crippen LogP contribution in [0.4, 0.5) is 0 Å². The van der Waals surface area contributed by atoms with Crippen molar-refractivity contribution < 1.29 is 40.5 Å². The quantitative estimate of drug-likeness (QED) is 0.119. The van der Waals surface area contributed by atoms with Gasteiger partial charge in [-0.1, -0.05) is 0 Å². The SMILES string of the molecule is O=CO.OCCNCCO.OCCNCCO.OCCNCCO. The van der Waals surface area contributed by atoms with Gasteiger partial charge < -0.3 is 51.7 Å². The predicted octanol–water partition coefficient (Wildman–Crippen LogP) is -4.62. The predicted molar refractivity (Wildman–Crippen MR) is 89.8 cm³/mol. The molecule has 0 aliphatic rings. The lowest BCUT2D eigenvalue weighted by Gasteiger charge is -1.94. The van der Waals surface area contributed by atoms with Gasteiger partial charge in [0.1, 0.15) is 0 Å². The summed E-state index contributed by atoms with van der Waals surface area (Å²) in [6, 6.07) is 0. The Morgan fingerprint density at radius 3 is 0.708 bits per heavy atom. The Morgan fingerprint density at radius 1 is 0.500 bits per heavy atom. The van der Waals surface area contributed by atoms with Crippen molar-refractivity contribution in [3.05, 3.63) is 0 Å². The van der Waals surface area contributed by atoms with E-state index in [0.717, 1.165) is 0 Å². The van der Waals surface area contributed by atoms with Crippen molar-refractivity contribution in [1.82, 2.24) is 16.0 Å². The third kappa shape index (κ3) is 69.2. The van der Waals surface area contributed by atoms with Crippen molar-refractivity contribution >= 4 is 6.47 Å². The van der Waals surface area contributed by atoms with Gasteiger partial charge in [-0.2, -0.15) is 0 Å². The number of nitrogens with one attached hydrogen (secondary N) is 3. The maximum Gasteiger partial charge on any atom is 0.290 e. The Kier molecular flexibility index (Phi) is 55.6. The summed E-state index contributed by atoms with van der Waals surface area (Å²) in [5.74, 6) is 0. The monoisotopic (exact) mass is 361 g/mol. The molecule has 0 spiro atoms. The van der Waals surface area contributed by atoms with Crippen LogP contribution in [0, 0.1) is 0 Å². The molecule has 0 saturated carbocycles. The van der Waals surface area contributed by atoms with Crippen molar-refractivity contribution in [2.75, 3.05) is 78.9 Å². The summed E-state index contributed by atoms with van der Waals surface area (Å²) in [5, 5.41) is 64.1. The fourth-order valence-corrected chi connectivity index (χ4v) is 0.849. The minimum atomic E-state index is -0.250. The summed E-state index contributed by atoms with van der Waals surface area (Å²) in [6.07, 6.45) is 0. The Morgan fingerprint density at radius 2 is 0.625 bits per heavy atom. The molecule has 11 heteroatoms. The molecule has 0 aliphatic carbocycles. The molecule has 150 valence electrons. The van der Waals surface area contributed by atoms with Crippen LogP contribution in [0.15, 0.2) is 0 Å². The Labute approximate surface area is 143 Å². The molecule has 0 radical (unpaired) electrons. The van der Waals surface area contributed by atoms with Crippen LogP contribution < -0.4 is 16.0 Å². The highest BCUT2D eigenvalue weighted by molar-refractivity contribution is 5.32. The smallest absolute Gasteiger partial charge is 0.290 e. The number of aliphatic hydroxyl groups is 6. The van der Waals surface area contributed by atoms with Crippen LogP contribution >= 0.6 is 0 Å². The van der Waals surface area contributed by atoms with E-state index in [2.05, 4.69) is 16.0 Å². The molecule has 0 fully saturated rings. The largest absolute Gasteiger partial charge is 0.483 e. The first-order valence-electron chi connectivity index (χ1n) is 7.51. The molecule has 0 aromatic heterocycles. The van der Waals surface area contributed by atoms with Crippen LogP contribution in [0.2, 0.25) is 0 Å². The number of carboxylic acid groups (broad SMARTS) is 1. The summed E-state index contributed by atoms with van der Waals surface area (Å²) < 4.78 is 0. The lowest BCUT2D eigenvalue weighted by molar-refractivity contribution is -0.122. The van der Waals surface area contributed by atoms with Crippen LogP contribution in [0.25, 0.3) is 0 Å². The standard InChI is InChI=1S/3C4H11NO2.CH2O2/c3*6-3-1-5-2-4-7;2-1-3/h3*5-7H,1-4H2;1H,(H,2,3). The minimum absolute atomic E-state index is 0.139. The van der Waals surface area contributed by atoms with Gasteiger partial charge in [0.25, 0.3) is 6.47 Å². The van der Waals surface area contributed by atoms with Gasteiger partial charge in [0.05, 0.1) is 39.6 Å². The molecule has 0 rings (SSSR count). The molecule has 0 atom stereocenters. The molecule has 0 aromatic rings. The second kappa shape index (κ2) is 43.2. The number of rotatable bonds is 12. The third-order valence-electron chi connectivity index (χ3n) is 1.73. The van der Waals surface area contributed by atoms with Gasteiger partial charge in [0.15, 0.2) is 0 Å². The Bertz CT molecular complexity index is 146. The summed E-state index contributed by atoms with van der Waals surface area (Å²) in [5.41, 5.74) is 0. The van der Waals surface area contributed by atoms with E-state index in [0.29, 0.717) is 39.3 Å². The highest BCUT2D eigenvalue weighted by atomic mass is 16.3. The van der Waals surface area contributed by atoms with E-state index in [4.69, 9.17) is 40.5 Å². The van der Waals surface area contributed by atoms with Crippen molar-refractivity contribution in [2.24, 2.45) is 0 Å². The summed E-state index contributed by atoms with van der Waals surface area (Å²) in [6.45, 7) is 4.00. The zero-order valence-electron chi connectivity index (χ0n) is 14.1. The van der Waals surface area contributed by atoms with Crippen LogP contribution in [-0.4, -0.2) is 121 Å². The second-order valence-corrected chi connectivity index (χ2v) is 3.70. The van der Waals surface area contributed by atoms with Gasteiger partial charge in [-0.3, -0.25) is 4.79 Å². The number of hydrogen-bond donors (Lipinski definition) is 10. The van der Waals surface area contributed by atoms with Crippen LogP contribution in [0.1, 0.15) is 0 Å². The molecule has 11 nitrogen and oxygen atoms in total. The fourth-order valence-electron chi connectivity index (χ4n) is 0.849. The van der Waals surface area contributed by atoms with Gasteiger partial charge in [-0.05, 0) is 0 Å². The van der Waals surface area contributed by atoms with Crippen molar-refractivity contribution in [2.45, 2.75) is 0 Å². The lowest BCUT2D eigenvalue weighted by Crippen LogP contribution is -2.21. The van der Waals surface area contributed by atoms with Crippen molar-refractivity contribution in [1.29, 1.82) is 0 Å². The first-order valence-corrected chi connectivity index (χ1v) is 7.51. The van der Waals surface area contributed by atoms with E-state index >= 15 is 0 Å². The first kappa shape index (κ1) is 30.9. The van der Waals surface area contributed by atoms with E-state index in [1.807, 2.05) is 0 Å². The topological polar surface area (TPSA) is 195 Å². The van der Waals surface area contributed by atoms with Gasteiger partial charge in [0, 0.05) is 39.3 Å². The van der Waals surface area contributed by atoms with Gasteiger partial charge in [-0.15, -0.1) is 0 Å². The van der Waals surface area contributed by atoms with E-state index in [1.54, 1.807) is 0 Å². The molecule has 10 N–H and O–H groups in total. The number of aliphatic hydroxyl groups excluding tert-OH is 6. The van der Waals surface area contributed by atoms with Gasteiger partial charge in [0.2, 0.25) is 0 Å². The molecular formula is C13H35N3O8. The third-order valence-corrected chi connectivity index (χ3v) is 1.73. The fraction of sp³-hybridized carbons (Fsp3) is 0.923. The molecule has 24 heavy (non-hydrogen) atoms. The number of carbonyl (C=O) groups is 1. The van der Waals surface area contributed by atoms with E-state index < -0.39 is 0 Å². The second-order valence-electron chi connectivity index (χ2n) is 3.70. The van der Waals surface area contributed by atoms with Crippen molar-refractivity contribution in [3.8, 4) is 0 Å². The van der Waals surface area contributed by atoms with E-state index in [-0.39, 0.29) is 46.1 Å². The molecule has 0 amide bonds. The van der Waals surface area contributed by atoms with Gasteiger partial charge >= 0.3 is 0 Å². The molecule has 0 heterocycles. The molecular weight excluding hydrogens is 326 g/mol. The summed E-state index contributed by atoms with van der Waals surface area (Å²) >= 11 is 0. The molecule has 0 saturated heterocycles.